The van der Waals surface area contributed by atoms with Crippen LogP contribution in [-0.2, 0) is 6.42 Å². The molecule has 3 atom stereocenters. The van der Waals surface area contributed by atoms with Crippen molar-refractivity contribution >= 4 is 28.4 Å². The molecule has 4 aliphatic rings. The van der Waals surface area contributed by atoms with Crippen molar-refractivity contribution in [2.45, 2.75) is 76.9 Å². The fraction of sp³-hybridized carbons (Fsp3) is 0.380. The summed E-state index contributed by atoms with van der Waals surface area (Å²) in [4.78, 5) is 12.4. The highest BCUT2D eigenvalue weighted by Crippen LogP contribution is 2.48. The topological polar surface area (TPSA) is 93.2 Å². The molecule has 6 aromatic rings. The zero-order chi connectivity index (χ0) is 43.7. The molecule has 0 amide bonds. The summed E-state index contributed by atoms with van der Waals surface area (Å²) >= 11 is 1.65. The number of piperazine rings is 1. The number of aromatic hydroxyl groups is 1. The molecule has 10 rings (SSSR count). The van der Waals surface area contributed by atoms with Gasteiger partial charge in [0.15, 0.2) is 5.82 Å². The second-order valence-corrected chi connectivity index (χ2v) is 19.1. The summed E-state index contributed by atoms with van der Waals surface area (Å²) in [7, 11) is 0. The lowest BCUT2D eigenvalue weighted by atomic mass is 9.69. The minimum Gasteiger partial charge on any atom is -0.508 e. The number of nitrogens with zero attached hydrogens (tertiary/aromatic N) is 7. The molecule has 5 heterocycles. The van der Waals surface area contributed by atoms with Crippen molar-refractivity contribution in [2.75, 3.05) is 55.6 Å². The second kappa shape index (κ2) is 16.2. The van der Waals surface area contributed by atoms with Crippen molar-refractivity contribution in [2.24, 2.45) is 4.99 Å². The summed E-state index contributed by atoms with van der Waals surface area (Å²) in [6, 6.07) is 23.1. The molecule has 9 nitrogen and oxygen atoms in total. The molecule has 63 heavy (non-hydrogen) atoms. The van der Waals surface area contributed by atoms with Gasteiger partial charge in [0, 0.05) is 79.5 Å². The number of thiophene rings is 1. The Balaban J connectivity index is 0.792. The first-order chi connectivity index (χ1) is 30.4. The van der Waals surface area contributed by atoms with E-state index in [-0.39, 0.29) is 29.2 Å². The normalized spacial score (nSPS) is 21.1. The van der Waals surface area contributed by atoms with Crippen LogP contribution in [0.5, 0.6) is 5.75 Å². The minimum absolute atomic E-state index is 0.0405. The van der Waals surface area contributed by atoms with Gasteiger partial charge in [-0.3, -0.25) is 14.5 Å². The standard InChI is InChI=1S/C50H52F3N7O2S/c1-29-31(3)63-49-45(29)47(54-30(2)48-56-55-32(4)60(48)49)39-14-11-35(25-41(39)51)58-18-16-50(62,17-19-58)28-57-20-22-59(23-21-57)44-27-42(52)40(26-43(44)53)46-37(33-8-6-5-7-9-33)13-10-34-24-36(61)12-15-38(34)46/h5-9,11-12,14-15,24-27,30,37,46,61-62H,10,13,16-23,28H2,1-4H3/t30-,37-,46+/m0/s1. The number of aromatic nitrogens is 3. The number of aryl methyl sites for hydroxylation is 3. The van der Waals surface area contributed by atoms with Crippen LogP contribution in [0.1, 0.15) is 99.5 Å². The molecule has 13 heteroatoms. The quantitative estimate of drug-likeness (QED) is 0.165. The number of fused-ring (bicyclic) bond motifs is 4. The number of rotatable bonds is 7. The first kappa shape index (κ1) is 41.5. The van der Waals surface area contributed by atoms with Gasteiger partial charge in [-0.25, -0.2) is 13.2 Å². The molecule has 0 bridgehead atoms. The number of halogens is 3. The van der Waals surface area contributed by atoms with Crippen molar-refractivity contribution in [3.05, 3.63) is 152 Å². The van der Waals surface area contributed by atoms with E-state index in [0.29, 0.717) is 75.5 Å². The van der Waals surface area contributed by atoms with E-state index in [1.165, 1.54) is 12.1 Å². The van der Waals surface area contributed by atoms with E-state index in [9.17, 15) is 10.2 Å². The maximum atomic E-state index is 16.4. The van der Waals surface area contributed by atoms with Gasteiger partial charge in [0.1, 0.15) is 40.1 Å². The highest BCUT2D eigenvalue weighted by atomic mass is 32.1. The monoisotopic (exact) mass is 871 g/mol. The molecule has 1 aliphatic carbocycles. The first-order valence-electron chi connectivity index (χ1n) is 22.1. The maximum absolute atomic E-state index is 16.4. The van der Waals surface area contributed by atoms with Crippen molar-refractivity contribution < 1.29 is 23.4 Å². The second-order valence-electron chi connectivity index (χ2n) is 17.9. The summed E-state index contributed by atoms with van der Waals surface area (Å²) in [5.41, 5.74) is 6.44. The summed E-state index contributed by atoms with van der Waals surface area (Å²) in [6.45, 7) is 11.8. The van der Waals surface area contributed by atoms with Crippen LogP contribution in [-0.4, -0.2) is 87.0 Å². The lowest BCUT2D eigenvalue weighted by Crippen LogP contribution is -2.55. The molecule has 0 spiro atoms. The third-order valence-electron chi connectivity index (χ3n) is 14.1. The van der Waals surface area contributed by atoms with Gasteiger partial charge in [-0.2, -0.15) is 0 Å². The fourth-order valence-corrected chi connectivity index (χ4v) is 11.8. The van der Waals surface area contributed by atoms with Crippen LogP contribution in [0, 0.1) is 38.2 Å². The summed E-state index contributed by atoms with van der Waals surface area (Å²) in [5.74, 6) is 0.0122. The number of anilines is 2. The molecule has 0 saturated carbocycles. The summed E-state index contributed by atoms with van der Waals surface area (Å²) in [5, 5.41) is 31.7. The van der Waals surface area contributed by atoms with Crippen molar-refractivity contribution in [3.63, 3.8) is 0 Å². The lowest BCUT2D eigenvalue weighted by molar-refractivity contribution is -0.0173. The van der Waals surface area contributed by atoms with Crippen LogP contribution in [0.2, 0.25) is 0 Å². The number of β-amino-alcohol motifs (C(OH)–C–C–N with tert-alkyl or cyclic N) is 1. The van der Waals surface area contributed by atoms with Gasteiger partial charge in [-0.05, 0) is 124 Å². The van der Waals surface area contributed by atoms with Crippen LogP contribution in [0.4, 0.5) is 24.5 Å². The average Bonchev–Trinajstić information content (AvgIpc) is 3.77. The smallest absolute Gasteiger partial charge is 0.162 e. The zero-order valence-corrected chi connectivity index (χ0v) is 36.9. The molecule has 2 fully saturated rings. The third-order valence-corrected chi connectivity index (χ3v) is 15.3. The number of benzene rings is 4. The predicted octanol–water partition coefficient (Wildman–Crippen LogP) is 9.30. The maximum Gasteiger partial charge on any atom is 0.162 e. The van der Waals surface area contributed by atoms with Crippen LogP contribution >= 0.6 is 11.3 Å². The SMILES string of the molecule is Cc1sc2c(c1C)C(c1ccc(N3CCC(O)(CN4CCN(c5cc(F)c([C@H]6c7ccc(O)cc7CC[C@H]6c6ccccc6)cc5F)CC4)CC3)cc1F)=N[C@@H](C)c1nnc(C)n1-2. The van der Waals surface area contributed by atoms with Crippen LogP contribution in [0.3, 0.4) is 0 Å². The van der Waals surface area contributed by atoms with Gasteiger partial charge in [-0.1, -0.05) is 36.4 Å². The van der Waals surface area contributed by atoms with E-state index in [1.54, 1.807) is 29.5 Å². The number of phenols is 1. The molecule has 2 aromatic heterocycles. The Hall–Kier alpha value is -5.50. The van der Waals surface area contributed by atoms with Gasteiger partial charge in [0.05, 0.1) is 17.0 Å². The van der Waals surface area contributed by atoms with Crippen LogP contribution < -0.4 is 9.80 Å². The lowest BCUT2D eigenvalue weighted by Gasteiger charge is -2.44. The van der Waals surface area contributed by atoms with E-state index >= 15 is 13.2 Å². The third kappa shape index (κ3) is 7.51. The molecule has 0 radical (unpaired) electrons. The van der Waals surface area contributed by atoms with Crippen molar-refractivity contribution in [3.8, 4) is 10.8 Å². The minimum atomic E-state index is -0.925. The van der Waals surface area contributed by atoms with E-state index in [2.05, 4.69) is 46.0 Å². The number of piperidine rings is 1. The Labute approximate surface area is 370 Å². The fourth-order valence-electron chi connectivity index (χ4n) is 10.5. The molecule has 4 aromatic carbocycles. The Morgan fingerprint density at radius 1 is 0.794 bits per heavy atom. The van der Waals surface area contributed by atoms with Crippen LogP contribution in [0.15, 0.2) is 83.9 Å². The van der Waals surface area contributed by atoms with E-state index in [4.69, 9.17) is 4.99 Å². The van der Waals surface area contributed by atoms with E-state index in [0.717, 1.165) is 67.9 Å². The Morgan fingerprint density at radius 2 is 1.56 bits per heavy atom. The molecular formula is C50H52F3N7O2S. The summed E-state index contributed by atoms with van der Waals surface area (Å²) in [6.07, 6.45) is 2.54. The molecule has 3 aliphatic heterocycles. The zero-order valence-electron chi connectivity index (χ0n) is 36.1. The highest BCUT2D eigenvalue weighted by Gasteiger charge is 2.38. The number of phenolic OH excluding ortho intramolecular Hbond substituents is 1. The van der Waals surface area contributed by atoms with E-state index in [1.807, 2.05) is 59.7 Å². The Bertz CT molecular complexity index is 2740. The van der Waals surface area contributed by atoms with Gasteiger partial charge >= 0.3 is 0 Å². The summed E-state index contributed by atoms with van der Waals surface area (Å²) < 4.78 is 50.9. The van der Waals surface area contributed by atoms with Gasteiger partial charge in [-0.15, -0.1) is 21.5 Å². The largest absolute Gasteiger partial charge is 0.508 e. The molecule has 326 valence electrons. The van der Waals surface area contributed by atoms with Crippen molar-refractivity contribution in [1.82, 2.24) is 19.7 Å². The molecule has 2 saturated heterocycles. The van der Waals surface area contributed by atoms with E-state index < -0.39 is 23.2 Å². The molecule has 2 N–H and O–H groups in total. The highest BCUT2D eigenvalue weighted by molar-refractivity contribution is 7.15. The van der Waals surface area contributed by atoms with Gasteiger partial charge < -0.3 is 20.0 Å². The van der Waals surface area contributed by atoms with Crippen LogP contribution in [0.25, 0.3) is 5.00 Å². The Morgan fingerprint density at radius 3 is 2.30 bits per heavy atom. The first-order valence-corrected chi connectivity index (χ1v) is 22.9. The average molecular weight is 872 g/mol. The Kier molecular flexibility index (Phi) is 10.7. The number of aliphatic hydroxyl groups is 1. The predicted molar refractivity (Wildman–Crippen MR) is 243 cm³/mol. The number of aliphatic imine (C=N–C) groups is 1. The number of hydrogen-bond acceptors (Lipinski definition) is 9. The molecular weight excluding hydrogens is 820 g/mol. The van der Waals surface area contributed by atoms with Gasteiger partial charge in [0.25, 0.3) is 0 Å². The van der Waals surface area contributed by atoms with Crippen molar-refractivity contribution in [1.29, 1.82) is 0 Å². The van der Waals surface area contributed by atoms with Gasteiger partial charge in [0.2, 0.25) is 0 Å². The number of hydrogen-bond donors (Lipinski definition) is 2. The molecule has 0 unspecified atom stereocenters.